The van der Waals surface area contributed by atoms with Crippen LogP contribution in [0.25, 0.3) is 0 Å². The van der Waals surface area contributed by atoms with E-state index in [1.54, 1.807) is 19.3 Å². The van der Waals surface area contributed by atoms with Gasteiger partial charge in [-0.15, -0.1) is 0 Å². The molecule has 3 heteroatoms. The van der Waals surface area contributed by atoms with Crippen LogP contribution in [0.15, 0.2) is 57.9 Å². The summed E-state index contributed by atoms with van der Waals surface area (Å²) < 4.78 is 5.46. The Balaban J connectivity index is 2.81. The minimum absolute atomic E-state index is 0.0780. The van der Waals surface area contributed by atoms with Crippen LogP contribution in [0.1, 0.15) is 62.3 Å². The van der Waals surface area contributed by atoms with Gasteiger partial charge < -0.3 is 4.74 Å². The number of ether oxygens (including phenoxy) is 1. The van der Waals surface area contributed by atoms with E-state index in [1.165, 1.54) is 0 Å². The standard InChI is InChI=1S/C25H34O3/c1-23(2,3)15-11-17(21(26)19(12-15)24(4,5)6)18-13-16(28-10)14-20(22(18)27)25(7,8)9/h11-14H,1-10H3/b18-17-. The molecular weight excluding hydrogens is 348 g/mol. The first-order valence-electron chi connectivity index (χ1n) is 9.83. The fourth-order valence-electron chi connectivity index (χ4n) is 3.30. The lowest BCUT2D eigenvalue weighted by Crippen LogP contribution is -2.28. The van der Waals surface area contributed by atoms with Gasteiger partial charge in [0, 0.05) is 22.3 Å². The molecule has 0 aromatic heterocycles. The van der Waals surface area contributed by atoms with Gasteiger partial charge in [0.2, 0.25) is 0 Å². The molecule has 3 nitrogen and oxygen atoms in total. The molecule has 0 heterocycles. The maximum Gasteiger partial charge on any atom is 0.190 e. The predicted octanol–water partition coefficient (Wildman–Crippen LogP) is 5.90. The monoisotopic (exact) mass is 382 g/mol. The highest BCUT2D eigenvalue weighted by molar-refractivity contribution is 6.22. The van der Waals surface area contributed by atoms with E-state index < -0.39 is 0 Å². The number of carbonyl (C=O) groups excluding carboxylic acids is 2. The van der Waals surface area contributed by atoms with E-state index in [-0.39, 0.29) is 27.8 Å². The molecule has 0 fully saturated rings. The van der Waals surface area contributed by atoms with Crippen molar-refractivity contribution >= 4 is 11.6 Å². The van der Waals surface area contributed by atoms with Gasteiger partial charge in [-0.3, -0.25) is 9.59 Å². The van der Waals surface area contributed by atoms with Crippen LogP contribution in [0.2, 0.25) is 0 Å². The van der Waals surface area contributed by atoms with Crippen molar-refractivity contribution in [3.63, 3.8) is 0 Å². The smallest absolute Gasteiger partial charge is 0.190 e. The van der Waals surface area contributed by atoms with Crippen molar-refractivity contribution in [2.45, 2.75) is 62.3 Å². The molecule has 0 bridgehead atoms. The summed E-state index contributed by atoms with van der Waals surface area (Å²) >= 11 is 0. The van der Waals surface area contributed by atoms with E-state index in [0.29, 0.717) is 22.5 Å². The molecule has 0 saturated carbocycles. The molecule has 0 saturated heterocycles. The Morgan fingerprint density at radius 2 is 1.04 bits per heavy atom. The second-order valence-corrected chi connectivity index (χ2v) is 10.7. The number of hydrogen-bond donors (Lipinski definition) is 0. The first kappa shape index (κ1) is 22.1. The van der Waals surface area contributed by atoms with Crippen LogP contribution in [0.3, 0.4) is 0 Å². The first-order chi connectivity index (χ1) is 12.6. The van der Waals surface area contributed by atoms with E-state index in [9.17, 15) is 9.59 Å². The van der Waals surface area contributed by atoms with Gasteiger partial charge in [0.05, 0.1) is 7.11 Å². The average molecular weight is 383 g/mol. The second-order valence-electron chi connectivity index (χ2n) is 10.7. The van der Waals surface area contributed by atoms with Gasteiger partial charge in [-0.1, -0.05) is 68.4 Å². The summed E-state index contributed by atoms with van der Waals surface area (Å²) in [6.07, 6.45) is 7.38. The maximum atomic E-state index is 13.4. The molecule has 0 unspecified atom stereocenters. The van der Waals surface area contributed by atoms with Crippen LogP contribution >= 0.6 is 0 Å². The van der Waals surface area contributed by atoms with Crippen molar-refractivity contribution in [3.8, 4) is 0 Å². The normalized spacial score (nSPS) is 21.8. The molecule has 2 rings (SSSR count). The van der Waals surface area contributed by atoms with Crippen molar-refractivity contribution in [3.05, 3.63) is 57.9 Å². The zero-order valence-corrected chi connectivity index (χ0v) is 19.0. The molecule has 2 aliphatic carbocycles. The van der Waals surface area contributed by atoms with E-state index >= 15 is 0 Å². The molecule has 0 aliphatic heterocycles. The summed E-state index contributed by atoms with van der Waals surface area (Å²) in [5.41, 5.74) is 2.51. The second kappa shape index (κ2) is 7.02. The topological polar surface area (TPSA) is 43.4 Å². The summed E-state index contributed by atoms with van der Waals surface area (Å²) in [7, 11) is 1.58. The molecule has 0 spiro atoms. The first-order valence-corrected chi connectivity index (χ1v) is 9.83. The van der Waals surface area contributed by atoms with Crippen molar-refractivity contribution < 1.29 is 14.3 Å². The number of hydrogen-bond acceptors (Lipinski definition) is 3. The van der Waals surface area contributed by atoms with Gasteiger partial charge in [0.1, 0.15) is 5.76 Å². The summed E-state index contributed by atoms with van der Waals surface area (Å²) in [6, 6.07) is 0. The lowest BCUT2D eigenvalue weighted by Gasteiger charge is -2.32. The highest BCUT2D eigenvalue weighted by Gasteiger charge is 2.36. The number of ketones is 2. The third-order valence-corrected chi connectivity index (χ3v) is 5.16. The fourth-order valence-corrected chi connectivity index (χ4v) is 3.30. The van der Waals surface area contributed by atoms with Crippen LogP contribution in [0.4, 0.5) is 0 Å². The number of allylic oxidation sites excluding steroid dienone is 9. The lowest BCUT2D eigenvalue weighted by molar-refractivity contribution is -0.115. The molecule has 0 radical (unpaired) electrons. The Morgan fingerprint density at radius 1 is 0.607 bits per heavy atom. The minimum atomic E-state index is -0.349. The largest absolute Gasteiger partial charge is 0.497 e. The molecule has 0 N–H and O–H groups in total. The van der Waals surface area contributed by atoms with Gasteiger partial charge in [-0.25, -0.2) is 0 Å². The molecule has 0 amide bonds. The van der Waals surface area contributed by atoms with Gasteiger partial charge in [0.25, 0.3) is 0 Å². The van der Waals surface area contributed by atoms with Gasteiger partial charge in [0.15, 0.2) is 11.6 Å². The minimum Gasteiger partial charge on any atom is -0.497 e. The number of rotatable bonds is 1. The molecule has 0 atom stereocenters. The van der Waals surface area contributed by atoms with Crippen LogP contribution in [-0.4, -0.2) is 18.7 Å². The van der Waals surface area contributed by atoms with E-state index in [4.69, 9.17) is 4.74 Å². The van der Waals surface area contributed by atoms with Crippen molar-refractivity contribution in [2.24, 2.45) is 16.2 Å². The van der Waals surface area contributed by atoms with Crippen molar-refractivity contribution in [1.82, 2.24) is 0 Å². The SMILES string of the molecule is COC1=C/C(=C2\C=C(C(C)(C)C)C=C(C(C)(C)C)C2=O)C(=O)C(C(C)(C)C)=C1. The van der Waals surface area contributed by atoms with Crippen LogP contribution < -0.4 is 0 Å². The average Bonchev–Trinajstić information content (AvgIpc) is 2.52. The highest BCUT2D eigenvalue weighted by atomic mass is 16.5. The third kappa shape index (κ3) is 4.29. The lowest BCUT2D eigenvalue weighted by atomic mass is 9.71. The van der Waals surface area contributed by atoms with Crippen LogP contribution in [0.5, 0.6) is 0 Å². The number of methoxy groups -OCH3 is 1. The Labute approximate surface area is 169 Å². The number of carbonyl (C=O) groups is 2. The van der Waals surface area contributed by atoms with Crippen molar-refractivity contribution in [1.29, 1.82) is 0 Å². The highest BCUT2D eigenvalue weighted by Crippen LogP contribution is 2.41. The van der Waals surface area contributed by atoms with Crippen molar-refractivity contribution in [2.75, 3.05) is 7.11 Å². The number of Topliss-reactive ketones (excluding diaryl/α,β-unsaturated/α-hetero) is 2. The summed E-state index contributed by atoms with van der Waals surface area (Å²) in [4.78, 5) is 26.8. The molecule has 28 heavy (non-hydrogen) atoms. The van der Waals surface area contributed by atoms with E-state index in [0.717, 1.165) is 11.1 Å². The Bertz CT molecular complexity index is 864. The molecule has 0 aromatic rings. The molecule has 0 aromatic carbocycles. The Morgan fingerprint density at radius 3 is 1.43 bits per heavy atom. The summed E-state index contributed by atoms with van der Waals surface area (Å²) in [5, 5.41) is 0. The van der Waals surface area contributed by atoms with E-state index in [1.807, 2.05) is 53.7 Å². The Kier molecular flexibility index (Phi) is 5.55. The zero-order chi connectivity index (χ0) is 21.7. The quantitative estimate of drug-likeness (QED) is 0.531. The van der Waals surface area contributed by atoms with Crippen LogP contribution in [0, 0.1) is 16.2 Å². The van der Waals surface area contributed by atoms with Gasteiger partial charge >= 0.3 is 0 Å². The van der Waals surface area contributed by atoms with Gasteiger partial charge in [-0.2, -0.15) is 0 Å². The fraction of sp³-hybridized carbons (Fsp3) is 0.520. The molecular formula is C25H34O3. The van der Waals surface area contributed by atoms with E-state index in [2.05, 4.69) is 20.8 Å². The maximum absolute atomic E-state index is 13.4. The Hall–Kier alpha value is -2.16. The predicted molar refractivity (Wildman–Crippen MR) is 115 cm³/mol. The summed E-state index contributed by atoms with van der Waals surface area (Å²) in [6.45, 7) is 18.4. The van der Waals surface area contributed by atoms with Crippen LogP contribution in [-0.2, 0) is 14.3 Å². The molecule has 152 valence electrons. The zero-order valence-electron chi connectivity index (χ0n) is 19.0. The molecule has 2 aliphatic rings. The summed E-state index contributed by atoms with van der Waals surface area (Å²) in [5.74, 6) is 0.416. The third-order valence-electron chi connectivity index (χ3n) is 5.16. The van der Waals surface area contributed by atoms with Gasteiger partial charge in [-0.05, 0) is 40.0 Å².